The smallest absolute Gasteiger partial charge is 0.403 e. The van der Waals surface area contributed by atoms with E-state index in [9.17, 15) is 18.0 Å². The van der Waals surface area contributed by atoms with Gasteiger partial charge < -0.3 is 9.84 Å². The Bertz CT molecular complexity index is 196. The number of methoxy groups -OCH3 is 1. The van der Waals surface area contributed by atoms with Crippen molar-refractivity contribution in [3.8, 4) is 0 Å². The Morgan fingerprint density at radius 2 is 2.13 bits per heavy atom. The van der Waals surface area contributed by atoms with Gasteiger partial charge in [-0.2, -0.15) is 24.9 Å². The second kappa shape index (κ2) is 6.95. The predicted octanol–water partition coefficient (Wildman–Crippen LogP) is 2.02. The molecule has 0 spiro atoms. The van der Waals surface area contributed by atoms with Gasteiger partial charge in [0.2, 0.25) is 0 Å². The van der Waals surface area contributed by atoms with Crippen LogP contribution in [0.4, 0.5) is 13.2 Å². The molecule has 1 N–H and O–H groups in total. The molecule has 15 heavy (non-hydrogen) atoms. The topological polar surface area (TPSA) is 46.5 Å². The number of carboxylic acid groups (broad SMARTS) is 1. The van der Waals surface area contributed by atoms with Crippen molar-refractivity contribution < 1.29 is 27.8 Å². The molecule has 0 saturated carbocycles. The summed E-state index contributed by atoms with van der Waals surface area (Å²) in [7, 11) is 1.50. The predicted molar refractivity (Wildman–Crippen MR) is 51.0 cm³/mol. The third-order valence-electron chi connectivity index (χ3n) is 1.61. The van der Waals surface area contributed by atoms with Crippen LogP contribution in [0.15, 0.2) is 0 Å². The highest BCUT2D eigenvalue weighted by molar-refractivity contribution is 7.99. The summed E-state index contributed by atoms with van der Waals surface area (Å²) in [5, 5.41) is 8.35. The minimum atomic E-state index is -4.67. The largest absolute Gasteiger partial charge is 0.481 e. The van der Waals surface area contributed by atoms with Crippen molar-refractivity contribution in [3.63, 3.8) is 0 Å². The summed E-state index contributed by atoms with van der Waals surface area (Å²) in [5.41, 5.74) is 0. The van der Waals surface area contributed by atoms with E-state index in [0.717, 1.165) is 11.8 Å². The maximum atomic E-state index is 12.1. The Morgan fingerprint density at radius 3 is 2.53 bits per heavy atom. The molecule has 90 valence electrons. The minimum Gasteiger partial charge on any atom is -0.481 e. The summed E-state index contributed by atoms with van der Waals surface area (Å²) >= 11 is 0.976. The van der Waals surface area contributed by atoms with E-state index in [1.165, 1.54) is 7.11 Å². The lowest BCUT2D eigenvalue weighted by atomic mass is 10.2. The van der Waals surface area contributed by atoms with Crippen molar-refractivity contribution in [2.75, 3.05) is 25.2 Å². The Labute approximate surface area is 90.0 Å². The summed E-state index contributed by atoms with van der Waals surface area (Å²) in [6.07, 6.45) is -4.05. The van der Waals surface area contributed by atoms with E-state index in [1.54, 1.807) is 0 Å². The monoisotopic (exact) mass is 246 g/mol. The maximum absolute atomic E-state index is 12.1. The van der Waals surface area contributed by atoms with Gasteiger partial charge in [-0.25, -0.2) is 0 Å². The number of rotatable bonds is 7. The lowest BCUT2D eigenvalue weighted by molar-refractivity contribution is -0.188. The Morgan fingerprint density at radius 1 is 1.53 bits per heavy atom. The highest BCUT2D eigenvalue weighted by Gasteiger charge is 2.44. The number of carboxylic acids is 1. The molecular weight excluding hydrogens is 233 g/mol. The van der Waals surface area contributed by atoms with Gasteiger partial charge in [0.25, 0.3) is 0 Å². The zero-order chi connectivity index (χ0) is 11.9. The van der Waals surface area contributed by atoms with Gasteiger partial charge in [-0.05, 0) is 12.2 Å². The summed E-state index contributed by atoms with van der Waals surface area (Å²) in [5.74, 6) is -4.07. The van der Waals surface area contributed by atoms with Gasteiger partial charge in [0.15, 0.2) is 5.92 Å². The van der Waals surface area contributed by atoms with Crippen LogP contribution in [0.1, 0.15) is 6.42 Å². The Balaban J connectivity index is 3.84. The second-order valence-electron chi connectivity index (χ2n) is 2.85. The van der Waals surface area contributed by atoms with Crippen molar-refractivity contribution >= 4 is 17.7 Å². The number of carbonyl (C=O) groups is 1. The molecule has 0 bridgehead atoms. The molecule has 0 heterocycles. The maximum Gasteiger partial charge on any atom is 0.403 e. The molecule has 0 aliphatic carbocycles. The third-order valence-corrected chi connectivity index (χ3v) is 2.76. The molecule has 0 radical (unpaired) electrons. The molecule has 0 amide bonds. The molecule has 1 atom stereocenters. The van der Waals surface area contributed by atoms with Gasteiger partial charge >= 0.3 is 12.1 Å². The minimum absolute atomic E-state index is 0.442. The van der Waals surface area contributed by atoms with Crippen LogP contribution in [0, 0.1) is 5.92 Å². The molecule has 0 aromatic heterocycles. The molecule has 7 heteroatoms. The van der Waals surface area contributed by atoms with Gasteiger partial charge in [0.1, 0.15) is 0 Å². The normalized spacial score (nSPS) is 13.9. The van der Waals surface area contributed by atoms with Crippen LogP contribution in [0.2, 0.25) is 0 Å². The zero-order valence-electron chi connectivity index (χ0n) is 8.21. The van der Waals surface area contributed by atoms with Crippen molar-refractivity contribution in [2.24, 2.45) is 5.92 Å². The quantitative estimate of drug-likeness (QED) is 0.698. The van der Waals surface area contributed by atoms with E-state index in [4.69, 9.17) is 9.84 Å². The van der Waals surface area contributed by atoms with Crippen molar-refractivity contribution in [3.05, 3.63) is 0 Å². The average molecular weight is 246 g/mol. The summed E-state index contributed by atoms with van der Waals surface area (Å²) in [6, 6.07) is 0. The Kier molecular flexibility index (Phi) is 6.75. The van der Waals surface area contributed by atoms with E-state index in [0.29, 0.717) is 18.8 Å². The first-order valence-corrected chi connectivity index (χ1v) is 5.41. The van der Waals surface area contributed by atoms with Crippen LogP contribution in [0.25, 0.3) is 0 Å². The van der Waals surface area contributed by atoms with Crippen LogP contribution in [0.5, 0.6) is 0 Å². The van der Waals surface area contributed by atoms with Crippen molar-refractivity contribution in [2.45, 2.75) is 12.6 Å². The number of hydrogen-bond donors (Lipinski definition) is 1. The Hall–Kier alpha value is -0.430. The SMILES string of the molecule is COCCCSCC(C(=O)O)C(F)(F)F. The molecule has 0 aliphatic rings. The summed E-state index contributed by atoms with van der Waals surface area (Å²) < 4.78 is 41.1. The van der Waals surface area contributed by atoms with Gasteiger partial charge in [0.05, 0.1) is 0 Å². The fourth-order valence-corrected chi connectivity index (χ4v) is 1.87. The summed E-state index contributed by atoms with van der Waals surface area (Å²) in [4.78, 5) is 10.3. The van der Waals surface area contributed by atoms with Crippen LogP contribution in [0.3, 0.4) is 0 Å². The molecular formula is C8H13F3O3S. The van der Waals surface area contributed by atoms with E-state index in [2.05, 4.69) is 0 Å². The van der Waals surface area contributed by atoms with Gasteiger partial charge in [0, 0.05) is 19.5 Å². The first-order valence-electron chi connectivity index (χ1n) is 4.25. The lowest BCUT2D eigenvalue weighted by Crippen LogP contribution is -2.32. The molecule has 0 aromatic rings. The highest BCUT2D eigenvalue weighted by Crippen LogP contribution is 2.29. The number of ether oxygens (including phenoxy) is 1. The molecule has 0 aliphatic heterocycles. The van der Waals surface area contributed by atoms with Gasteiger partial charge in [-0.15, -0.1) is 0 Å². The van der Waals surface area contributed by atoms with Gasteiger partial charge in [-0.1, -0.05) is 0 Å². The standard InChI is InChI=1S/C8H13F3O3S/c1-14-3-2-4-15-5-6(7(12)13)8(9,10)11/h6H,2-5H2,1H3,(H,12,13). The number of alkyl halides is 3. The fraction of sp³-hybridized carbons (Fsp3) is 0.875. The van der Waals surface area contributed by atoms with E-state index in [-0.39, 0.29) is 0 Å². The molecule has 0 saturated heterocycles. The number of halogens is 3. The average Bonchev–Trinajstić information content (AvgIpc) is 2.08. The number of aliphatic carboxylic acids is 1. The number of thioether (sulfide) groups is 1. The summed E-state index contributed by atoms with van der Waals surface area (Å²) in [6.45, 7) is 0.469. The fourth-order valence-electron chi connectivity index (χ4n) is 0.812. The van der Waals surface area contributed by atoms with Crippen LogP contribution < -0.4 is 0 Å². The highest BCUT2D eigenvalue weighted by atomic mass is 32.2. The van der Waals surface area contributed by atoms with Crippen molar-refractivity contribution in [1.29, 1.82) is 0 Å². The lowest BCUT2D eigenvalue weighted by Gasteiger charge is -2.15. The molecule has 0 aromatic carbocycles. The van der Waals surface area contributed by atoms with E-state index >= 15 is 0 Å². The van der Waals surface area contributed by atoms with Crippen molar-refractivity contribution in [1.82, 2.24) is 0 Å². The van der Waals surface area contributed by atoms with Crippen LogP contribution in [-0.2, 0) is 9.53 Å². The first-order chi connectivity index (χ1) is 6.89. The molecule has 0 fully saturated rings. The van der Waals surface area contributed by atoms with Gasteiger partial charge in [-0.3, -0.25) is 4.79 Å². The molecule has 3 nitrogen and oxygen atoms in total. The zero-order valence-corrected chi connectivity index (χ0v) is 9.03. The number of hydrogen-bond acceptors (Lipinski definition) is 3. The van der Waals surface area contributed by atoms with E-state index < -0.39 is 23.8 Å². The van der Waals surface area contributed by atoms with Crippen LogP contribution in [-0.4, -0.2) is 42.5 Å². The van der Waals surface area contributed by atoms with E-state index in [1.807, 2.05) is 0 Å². The van der Waals surface area contributed by atoms with Crippen LogP contribution >= 0.6 is 11.8 Å². The second-order valence-corrected chi connectivity index (χ2v) is 4.00. The first kappa shape index (κ1) is 14.6. The third kappa shape index (κ3) is 6.62. The molecule has 0 rings (SSSR count). The molecule has 1 unspecified atom stereocenters.